The first-order chi connectivity index (χ1) is 8.63. The molecule has 106 valence electrons. The summed E-state index contributed by atoms with van der Waals surface area (Å²) < 4.78 is 27.4. The highest BCUT2D eigenvalue weighted by Crippen LogP contribution is 2.62. The van der Waals surface area contributed by atoms with E-state index in [4.69, 9.17) is 5.11 Å². The van der Waals surface area contributed by atoms with Gasteiger partial charge in [0.25, 0.3) is 0 Å². The van der Waals surface area contributed by atoms with Crippen molar-refractivity contribution in [3.05, 3.63) is 29.8 Å². The predicted molar refractivity (Wildman–Crippen MR) is 74.0 cm³/mol. The van der Waals surface area contributed by atoms with Crippen LogP contribution >= 0.6 is 0 Å². The summed E-state index contributed by atoms with van der Waals surface area (Å²) >= 11 is 0. The van der Waals surface area contributed by atoms with Gasteiger partial charge >= 0.3 is 0 Å². The molecule has 0 aromatic heterocycles. The Bertz CT molecular complexity index is 576. The fourth-order valence-electron chi connectivity index (χ4n) is 2.53. The summed E-state index contributed by atoms with van der Waals surface area (Å²) in [5.74, 6) is 0. The van der Waals surface area contributed by atoms with E-state index in [1.54, 1.807) is 18.2 Å². The highest BCUT2D eigenvalue weighted by Gasteiger charge is 2.65. The molecule has 0 aliphatic heterocycles. The summed E-state index contributed by atoms with van der Waals surface area (Å²) in [6.07, 6.45) is 0. The Morgan fingerprint density at radius 2 is 1.79 bits per heavy atom. The van der Waals surface area contributed by atoms with E-state index in [1.807, 2.05) is 0 Å². The molecule has 0 atom stereocenters. The molecule has 2 N–H and O–H groups in total. The van der Waals surface area contributed by atoms with Crippen LogP contribution in [0.1, 0.15) is 33.3 Å². The summed E-state index contributed by atoms with van der Waals surface area (Å²) in [7, 11) is -3.53. The summed E-state index contributed by atoms with van der Waals surface area (Å²) in [4.78, 5) is 0.206. The molecule has 2 rings (SSSR count). The van der Waals surface area contributed by atoms with Crippen molar-refractivity contribution in [2.24, 2.45) is 10.8 Å². The van der Waals surface area contributed by atoms with Gasteiger partial charge < -0.3 is 5.11 Å². The van der Waals surface area contributed by atoms with Crippen LogP contribution < -0.4 is 4.72 Å². The van der Waals surface area contributed by atoms with Gasteiger partial charge in [-0.05, 0) is 28.5 Å². The Labute approximate surface area is 114 Å². The summed E-state index contributed by atoms with van der Waals surface area (Å²) in [6.45, 7) is 8.08. The monoisotopic (exact) mass is 283 g/mol. The van der Waals surface area contributed by atoms with Gasteiger partial charge in [-0.2, -0.15) is 0 Å². The maximum absolute atomic E-state index is 12.3. The second kappa shape index (κ2) is 4.30. The predicted octanol–water partition coefficient (Wildman–Crippen LogP) is 1.89. The van der Waals surface area contributed by atoms with Crippen LogP contribution in [0, 0.1) is 10.8 Å². The average molecular weight is 283 g/mol. The van der Waals surface area contributed by atoms with E-state index in [0.29, 0.717) is 5.56 Å². The normalized spacial score (nSPS) is 21.3. The fraction of sp³-hybridized carbons (Fsp3) is 0.571. The second-order valence-corrected chi connectivity index (χ2v) is 8.02. The van der Waals surface area contributed by atoms with E-state index >= 15 is 0 Å². The standard InChI is InChI=1S/C14H21NO3S/c1-13(2)12(14(13,3)4)15-19(17,18)11-7-5-6-10(8-11)9-16/h5-8,12,15-16H,9H2,1-4H3. The minimum Gasteiger partial charge on any atom is -0.392 e. The van der Waals surface area contributed by atoms with Crippen LogP contribution in [0.15, 0.2) is 29.2 Å². The molecule has 4 nitrogen and oxygen atoms in total. The molecule has 1 aliphatic rings. The molecule has 1 aliphatic carbocycles. The topological polar surface area (TPSA) is 66.4 Å². The van der Waals surface area contributed by atoms with E-state index in [0.717, 1.165) is 0 Å². The van der Waals surface area contributed by atoms with E-state index in [9.17, 15) is 8.42 Å². The lowest BCUT2D eigenvalue weighted by atomic mass is 10.0. The number of nitrogens with one attached hydrogen (secondary N) is 1. The van der Waals surface area contributed by atoms with Crippen molar-refractivity contribution in [3.8, 4) is 0 Å². The third-order valence-corrected chi connectivity index (χ3v) is 6.11. The van der Waals surface area contributed by atoms with Gasteiger partial charge in [0.05, 0.1) is 11.5 Å². The van der Waals surface area contributed by atoms with Gasteiger partial charge in [-0.3, -0.25) is 0 Å². The van der Waals surface area contributed by atoms with Crippen LogP contribution in [0.5, 0.6) is 0 Å². The molecule has 0 saturated heterocycles. The van der Waals surface area contributed by atoms with Gasteiger partial charge in [0.2, 0.25) is 10.0 Å². The molecule has 0 spiro atoms. The van der Waals surface area contributed by atoms with Crippen molar-refractivity contribution in [3.63, 3.8) is 0 Å². The minimum atomic E-state index is -3.53. The molecule has 1 saturated carbocycles. The van der Waals surface area contributed by atoms with Crippen LogP contribution in [-0.4, -0.2) is 19.6 Å². The number of sulfonamides is 1. The zero-order valence-electron chi connectivity index (χ0n) is 11.8. The minimum absolute atomic E-state index is 0.0470. The Balaban J connectivity index is 2.25. The quantitative estimate of drug-likeness (QED) is 0.887. The van der Waals surface area contributed by atoms with Crippen LogP contribution in [0.4, 0.5) is 0 Å². The van der Waals surface area contributed by atoms with Crippen molar-refractivity contribution in [1.29, 1.82) is 0 Å². The van der Waals surface area contributed by atoms with Gasteiger partial charge in [-0.1, -0.05) is 39.8 Å². The highest BCUT2D eigenvalue weighted by atomic mass is 32.2. The van der Waals surface area contributed by atoms with Crippen LogP contribution in [0.2, 0.25) is 0 Å². The van der Waals surface area contributed by atoms with E-state index in [2.05, 4.69) is 32.4 Å². The van der Waals surface area contributed by atoms with Crippen molar-refractivity contribution in [2.75, 3.05) is 0 Å². The first-order valence-electron chi connectivity index (χ1n) is 6.35. The third kappa shape index (κ3) is 2.30. The third-order valence-electron chi connectivity index (χ3n) is 4.69. The van der Waals surface area contributed by atoms with Gasteiger partial charge in [0, 0.05) is 6.04 Å². The zero-order valence-corrected chi connectivity index (χ0v) is 12.6. The Kier molecular flexibility index (Phi) is 3.28. The van der Waals surface area contributed by atoms with Gasteiger partial charge in [-0.25, -0.2) is 13.1 Å². The van der Waals surface area contributed by atoms with E-state index in [-0.39, 0.29) is 28.4 Å². The van der Waals surface area contributed by atoms with Gasteiger partial charge in [-0.15, -0.1) is 0 Å². The molecule has 0 bridgehead atoms. The van der Waals surface area contributed by atoms with E-state index < -0.39 is 10.0 Å². The zero-order chi connectivity index (χ0) is 14.5. The molecule has 0 amide bonds. The molecule has 1 aromatic carbocycles. The second-order valence-electron chi connectivity index (χ2n) is 6.30. The Morgan fingerprint density at radius 1 is 1.21 bits per heavy atom. The molecule has 1 fully saturated rings. The van der Waals surface area contributed by atoms with Crippen molar-refractivity contribution < 1.29 is 13.5 Å². The molecule has 0 heterocycles. The smallest absolute Gasteiger partial charge is 0.240 e. The summed E-state index contributed by atoms with van der Waals surface area (Å²) in [5, 5.41) is 9.07. The molecule has 0 radical (unpaired) electrons. The number of hydrogen-bond acceptors (Lipinski definition) is 3. The number of aliphatic hydroxyl groups excluding tert-OH is 1. The summed E-state index contributed by atoms with van der Waals surface area (Å²) in [6, 6.07) is 6.32. The molecule has 19 heavy (non-hydrogen) atoms. The molecule has 0 unspecified atom stereocenters. The first-order valence-corrected chi connectivity index (χ1v) is 7.83. The average Bonchev–Trinajstić information content (AvgIpc) is 2.71. The van der Waals surface area contributed by atoms with Crippen molar-refractivity contribution >= 4 is 10.0 Å². The van der Waals surface area contributed by atoms with Gasteiger partial charge in [0.15, 0.2) is 0 Å². The number of aliphatic hydroxyl groups is 1. The van der Waals surface area contributed by atoms with E-state index in [1.165, 1.54) is 6.07 Å². The molecule has 1 aromatic rings. The Morgan fingerprint density at radius 3 is 2.26 bits per heavy atom. The summed E-state index contributed by atoms with van der Waals surface area (Å²) in [5.41, 5.74) is 0.501. The Hall–Kier alpha value is -0.910. The lowest BCUT2D eigenvalue weighted by Crippen LogP contribution is -2.30. The molecular weight excluding hydrogens is 262 g/mol. The maximum Gasteiger partial charge on any atom is 0.240 e. The van der Waals surface area contributed by atoms with Crippen molar-refractivity contribution in [1.82, 2.24) is 4.72 Å². The van der Waals surface area contributed by atoms with Crippen LogP contribution in [0.3, 0.4) is 0 Å². The fourth-order valence-corrected chi connectivity index (χ4v) is 4.13. The van der Waals surface area contributed by atoms with Crippen molar-refractivity contribution in [2.45, 2.75) is 45.2 Å². The molecular formula is C14H21NO3S. The lowest BCUT2D eigenvalue weighted by molar-refractivity contribution is 0.281. The molecule has 5 heteroatoms. The lowest BCUT2D eigenvalue weighted by Gasteiger charge is -2.09. The number of rotatable bonds is 4. The van der Waals surface area contributed by atoms with Gasteiger partial charge in [0.1, 0.15) is 0 Å². The number of benzene rings is 1. The largest absolute Gasteiger partial charge is 0.392 e. The highest BCUT2D eigenvalue weighted by molar-refractivity contribution is 7.89. The maximum atomic E-state index is 12.3. The SMILES string of the molecule is CC1(C)C(NS(=O)(=O)c2cccc(CO)c2)C1(C)C. The number of hydrogen-bond donors (Lipinski definition) is 2. The van der Waals surface area contributed by atoms with Crippen LogP contribution in [-0.2, 0) is 16.6 Å². The van der Waals surface area contributed by atoms with Crippen LogP contribution in [0.25, 0.3) is 0 Å². The first kappa shape index (κ1) is 14.5.